The number of nitrogens with two attached hydrogens (primary N) is 1. The molecule has 6 heteroatoms. The lowest BCUT2D eigenvalue weighted by Crippen LogP contribution is -2.40. The van der Waals surface area contributed by atoms with Gasteiger partial charge in [-0.25, -0.2) is 0 Å². The Balaban J connectivity index is 0.00000261. The van der Waals surface area contributed by atoms with E-state index in [1.807, 2.05) is 4.90 Å². The van der Waals surface area contributed by atoms with Crippen LogP contribution in [-0.4, -0.2) is 43.2 Å². The second-order valence-electron chi connectivity index (χ2n) is 8.87. The third-order valence-corrected chi connectivity index (χ3v) is 7.17. The number of carbonyl (C=O) groups is 1. The number of likely N-dealkylation sites (tertiary alicyclic amines) is 1. The number of hydrogen-bond donors (Lipinski definition) is 1. The molecule has 0 saturated carbocycles. The van der Waals surface area contributed by atoms with Gasteiger partial charge in [0.05, 0.1) is 11.0 Å². The fourth-order valence-electron chi connectivity index (χ4n) is 4.08. The molecular formula is C21H35ClN2O2S. The molecule has 4 nitrogen and oxygen atoms in total. The first-order valence-corrected chi connectivity index (χ1v) is 10.9. The Kier molecular flexibility index (Phi) is 8.17. The Morgan fingerprint density at radius 2 is 2.00 bits per heavy atom. The lowest BCUT2D eigenvalue weighted by Gasteiger charge is -2.33. The normalized spacial score (nSPS) is 20.9. The highest BCUT2D eigenvalue weighted by molar-refractivity contribution is 7.14. The Morgan fingerprint density at radius 1 is 1.30 bits per heavy atom. The van der Waals surface area contributed by atoms with Crippen LogP contribution in [0.5, 0.6) is 0 Å². The van der Waals surface area contributed by atoms with Crippen molar-refractivity contribution >= 4 is 29.7 Å². The van der Waals surface area contributed by atoms with Crippen molar-refractivity contribution in [3.63, 3.8) is 0 Å². The van der Waals surface area contributed by atoms with Crippen LogP contribution in [-0.2, 0) is 17.6 Å². The van der Waals surface area contributed by atoms with Crippen molar-refractivity contribution in [2.45, 2.75) is 65.4 Å². The molecule has 0 spiro atoms. The third kappa shape index (κ3) is 5.69. The highest BCUT2D eigenvalue weighted by atomic mass is 35.5. The summed E-state index contributed by atoms with van der Waals surface area (Å²) in [4.78, 5) is 17.3. The second kappa shape index (κ2) is 9.73. The first kappa shape index (κ1) is 22.7. The largest absolute Gasteiger partial charge is 0.378 e. The zero-order valence-corrected chi connectivity index (χ0v) is 18.6. The summed E-state index contributed by atoms with van der Waals surface area (Å²) in [6.07, 6.45) is 6.58. The van der Waals surface area contributed by atoms with Gasteiger partial charge < -0.3 is 15.4 Å². The van der Waals surface area contributed by atoms with Crippen LogP contribution in [0.15, 0.2) is 6.07 Å². The highest BCUT2D eigenvalue weighted by Crippen LogP contribution is 2.40. The Labute approximate surface area is 174 Å². The van der Waals surface area contributed by atoms with Gasteiger partial charge in [0.15, 0.2) is 0 Å². The molecule has 1 aliphatic heterocycles. The zero-order valence-electron chi connectivity index (χ0n) is 17.0. The summed E-state index contributed by atoms with van der Waals surface area (Å²) in [5.41, 5.74) is 7.28. The van der Waals surface area contributed by atoms with E-state index in [1.54, 1.807) is 11.3 Å². The van der Waals surface area contributed by atoms with Crippen LogP contribution < -0.4 is 5.73 Å². The first-order chi connectivity index (χ1) is 12.4. The maximum absolute atomic E-state index is 12.9. The minimum atomic E-state index is 0. The molecule has 2 N–H and O–H groups in total. The maximum atomic E-state index is 12.9. The smallest absolute Gasteiger partial charge is 0.263 e. The molecule has 1 saturated heterocycles. The molecule has 0 aromatic carbocycles. The van der Waals surface area contributed by atoms with E-state index < -0.39 is 0 Å². The van der Waals surface area contributed by atoms with Crippen molar-refractivity contribution in [2.75, 3.05) is 26.2 Å². The number of hydrogen-bond acceptors (Lipinski definition) is 4. The average Bonchev–Trinajstić information content (AvgIpc) is 3.04. The van der Waals surface area contributed by atoms with Crippen LogP contribution in [0.25, 0.3) is 0 Å². The number of thiophene rings is 1. The quantitative estimate of drug-likeness (QED) is 0.731. The molecule has 1 aromatic heterocycles. The molecule has 2 aliphatic rings. The van der Waals surface area contributed by atoms with Gasteiger partial charge in [-0.05, 0) is 68.0 Å². The number of rotatable bonds is 5. The maximum Gasteiger partial charge on any atom is 0.263 e. The molecule has 3 rings (SSSR count). The molecular weight excluding hydrogens is 380 g/mol. The molecule has 0 radical (unpaired) electrons. The minimum Gasteiger partial charge on any atom is -0.378 e. The van der Waals surface area contributed by atoms with Gasteiger partial charge in [0.1, 0.15) is 0 Å². The van der Waals surface area contributed by atoms with Crippen molar-refractivity contribution in [1.29, 1.82) is 0 Å². The van der Waals surface area contributed by atoms with Gasteiger partial charge in [-0.2, -0.15) is 0 Å². The SMILES string of the molecule is CC(C)(C)C1CCc2sc(C(=O)N3CCC(OCCCN)CC3)cc2C1.Cl. The standard InChI is InChI=1S/C21H34N2O2S.ClH/c1-21(2,3)16-5-6-18-15(13-16)14-19(26-18)20(24)23-10-7-17(8-11-23)25-12-4-9-22;/h14,16-17H,4-13,22H2,1-3H3;1H. The van der Waals surface area contributed by atoms with Gasteiger partial charge in [-0.1, -0.05) is 20.8 Å². The molecule has 1 aromatic rings. The van der Waals surface area contributed by atoms with E-state index >= 15 is 0 Å². The fourth-order valence-corrected chi connectivity index (χ4v) is 5.26. The number of amides is 1. The Morgan fingerprint density at radius 3 is 2.63 bits per heavy atom. The number of halogens is 1. The number of ether oxygens (including phenoxy) is 1. The molecule has 1 amide bonds. The molecule has 1 fully saturated rings. The average molecular weight is 415 g/mol. The van der Waals surface area contributed by atoms with Gasteiger partial charge in [0.2, 0.25) is 0 Å². The Hall–Kier alpha value is -0.620. The lowest BCUT2D eigenvalue weighted by atomic mass is 9.72. The summed E-state index contributed by atoms with van der Waals surface area (Å²) in [5, 5.41) is 0. The van der Waals surface area contributed by atoms with Gasteiger partial charge in [-0.15, -0.1) is 23.7 Å². The summed E-state index contributed by atoms with van der Waals surface area (Å²) in [6, 6.07) is 2.18. The van der Waals surface area contributed by atoms with E-state index in [1.165, 1.54) is 16.9 Å². The fraction of sp³-hybridized carbons (Fsp3) is 0.762. The molecule has 2 heterocycles. The predicted molar refractivity (Wildman–Crippen MR) is 115 cm³/mol. The monoisotopic (exact) mass is 414 g/mol. The van der Waals surface area contributed by atoms with E-state index in [0.29, 0.717) is 17.9 Å². The lowest BCUT2D eigenvalue weighted by molar-refractivity contribution is 0.00857. The zero-order chi connectivity index (χ0) is 18.7. The van der Waals surface area contributed by atoms with Gasteiger partial charge >= 0.3 is 0 Å². The summed E-state index contributed by atoms with van der Waals surface area (Å²) in [7, 11) is 0. The van der Waals surface area contributed by atoms with E-state index in [4.69, 9.17) is 10.5 Å². The van der Waals surface area contributed by atoms with E-state index in [9.17, 15) is 4.79 Å². The topological polar surface area (TPSA) is 55.6 Å². The summed E-state index contributed by atoms with van der Waals surface area (Å²) < 4.78 is 5.85. The van der Waals surface area contributed by atoms with E-state index in [0.717, 1.165) is 56.7 Å². The van der Waals surface area contributed by atoms with Crippen LogP contribution >= 0.6 is 23.7 Å². The van der Waals surface area contributed by atoms with Gasteiger partial charge in [0.25, 0.3) is 5.91 Å². The summed E-state index contributed by atoms with van der Waals surface area (Å²) in [5.74, 6) is 0.936. The molecule has 1 aliphatic carbocycles. The predicted octanol–water partition coefficient (Wildman–Crippen LogP) is 4.29. The Bertz CT molecular complexity index is 618. The molecule has 1 atom stereocenters. The number of aryl methyl sites for hydroxylation is 1. The van der Waals surface area contributed by atoms with Gasteiger partial charge in [-0.3, -0.25) is 4.79 Å². The molecule has 154 valence electrons. The minimum absolute atomic E-state index is 0. The van der Waals surface area contributed by atoms with Crippen LogP contribution in [0, 0.1) is 11.3 Å². The van der Waals surface area contributed by atoms with Crippen LogP contribution in [0.4, 0.5) is 0 Å². The van der Waals surface area contributed by atoms with Crippen LogP contribution in [0.3, 0.4) is 0 Å². The third-order valence-electron chi connectivity index (χ3n) is 5.95. The van der Waals surface area contributed by atoms with Crippen LogP contribution in [0.1, 0.15) is 66.6 Å². The van der Waals surface area contributed by atoms with Crippen molar-refractivity contribution in [1.82, 2.24) is 4.90 Å². The number of nitrogens with zero attached hydrogens (tertiary/aromatic N) is 1. The van der Waals surface area contributed by atoms with Crippen LogP contribution in [0.2, 0.25) is 0 Å². The number of piperidine rings is 1. The molecule has 27 heavy (non-hydrogen) atoms. The molecule has 1 unspecified atom stereocenters. The second-order valence-corrected chi connectivity index (χ2v) is 10.0. The van der Waals surface area contributed by atoms with E-state index in [-0.39, 0.29) is 24.4 Å². The molecule has 0 bridgehead atoms. The van der Waals surface area contributed by atoms with Crippen molar-refractivity contribution < 1.29 is 9.53 Å². The van der Waals surface area contributed by atoms with Crippen molar-refractivity contribution in [3.8, 4) is 0 Å². The summed E-state index contributed by atoms with van der Waals surface area (Å²) >= 11 is 1.73. The number of carbonyl (C=O) groups excluding carboxylic acids is 1. The highest BCUT2D eigenvalue weighted by Gasteiger charge is 2.31. The van der Waals surface area contributed by atoms with Crippen molar-refractivity contribution in [2.24, 2.45) is 17.1 Å². The van der Waals surface area contributed by atoms with Crippen molar-refractivity contribution in [3.05, 3.63) is 21.4 Å². The first-order valence-electron chi connectivity index (χ1n) is 10.1. The van der Waals surface area contributed by atoms with E-state index in [2.05, 4.69) is 26.8 Å². The summed E-state index contributed by atoms with van der Waals surface area (Å²) in [6.45, 7) is 10.0. The van der Waals surface area contributed by atoms with Gasteiger partial charge in [0, 0.05) is 24.6 Å². The number of fused-ring (bicyclic) bond motifs is 1.